The number of hydrogen-bond acceptors (Lipinski definition) is 6. The largest absolute Gasteiger partial charge is 0.498 e. The van der Waals surface area contributed by atoms with E-state index in [-0.39, 0.29) is 10.9 Å². The van der Waals surface area contributed by atoms with E-state index < -0.39 is 28.3 Å². The number of anilines is 1. The summed E-state index contributed by atoms with van der Waals surface area (Å²) in [6.45, 7) is 7.93. The predicted molar refractivity (Wildman–Crippen MR) is 113 cm³/mol. The summed E-state index contributed by atoms with van der Waals surface area (Å²) in [4.78, 5) is 4.55. The third-order valence-corrected chi connectivity index (χ3v) is 7.39. The third-order valence-electron chi connectivity index (χ3n) is 5.85. The number of pyridine rings is 1. The standard InChI is InChI=1S/C20H26BN3O4S/c1-19(2)20(3,4)28-21(27-19)17-11-14(12-23-18(17)22)13-5-9-16(10-6-13)29(25,26)24-15-7-8-15/h5-6,9-12,15,24H,7-8H2,1-4H3,(H2,22,23). The fourth-order valence-electron chi connectivity index (χ4n) is 3.12. The molecule has 29 heavy (non-hydrogen) atoms. The van der Waals surface area contributed by atoms with Crippen molar-refractivity contribution in [3.05, 3.63) is 36.5 Å². The van der Waals surface area contributed by atoms with E-state index in [2.05, 4.69) is 9.71 Å². The van der Waals surface area contributed by atoms with Gasteiger partial charge in [0, 0.05) is 17.7 Å². The molecule has 0 atom stereocenters. The highest BCUT2D eigenvalue weighted by Crippen LogP contribution is 2.37. The number of nitrogen functional groups attached to an aromatic ring is 1. The number of sulfonamides is 1. The molecule has 2 heterocycles. The molecule has 0 bridgehead atoms. The maximum atomic E-state index is 12.4. The van der Waals surface area contributed by atoms with Crippen LogP contribution in [-0.2, 0) is 19.3 Å². The van der Waals surface area contributed by atoms with Crippen LogP contribution in [0.15, 0.2) is 41.4 Å². The molecule has 1 saturated carbocycles. The topological polar surface area (TPSA) is 104 Å². The molecule has 0 unspecified atom stereocenters. The summed E-state index contributed by atoms with van der Waals surface area (Å²) < 4.78 is 39.6. The first-order valence-electron chi connectivity index (χ1n) is 9.72. The second-order valence-electron chi connectivity index (χ2n) is 8.71. The van der Waals surface area contributed by atoms with Crippen LogP contribution in [0.3, 0.4) is 0 Å². The molecule has 1 aromatic heterocycles. The van der Waals surface area contributed by atoms with Crippen LogP contribution in [0.5, 0.6) is 0 Å². The van der Waals surface area contributed by atoms with E-state index in [9.17, 15) is 8.42 Å². The number of nitrogens with two attached hydrogens (primary N) is 1. The smallest absolute Gasteiger partial charge is 0.399 e. The van der Waals surface area contributed by atoms with Gasteiger partial charge in [-0.05, 0) is 69.9 Å². The number of benzene rings is 1. The Labute approximate surface area is 172 Å². The fraction of sp³-hybridized carbons (Fsp3) is 0.450. The van der Waals surface area contributed by atoms with Gasteiger partial charge in [-0.2, -0.15) is 0 Å². The van der Waals surface area contributed by atoms with Crippen LogP contribution in [0.2, 0.25) is 0 Å². The molecular weight excluding hydrogens is 389 g/mol. The van der Waals surface area contributed by atoms with Gasteiger partial charge in [0.25, 0.3) is 0 Å². The normalized spacial score (nSPS) is 20.8. The quantitative estimate of drug-likeness (QED) is 0.725. The van der Waals surface area contributed by atoms with Crippen LogP contribution in [0.4, 0.5) is 5.82 Å². The zero-order valence-corrected chi connectivity index (χ0v) is 17.9. The molecule has 3 N–H and O–H groups in total. The second-order valence-corrected chi connectivity index (χ2v) is 10.4. The van der Waals surface area contributed by atoms with Crippen molar-refractivity contribution in [1.29, 1.82) is 0 Å². The van der Waals surface area contributed by atoms with E-state index in [1.54, 1.807) is 30.5 Å². The Bertz CT molecular complexity index is 1020. The summed E-state index contributed by atoms with van der Waals surface area (Å²) in [5.74, 6) is 0.347. The minimum Gasteiger partial charge on any atom is -0.399 e. The van der Waals surface area contributed by atoms with Crippen LogP contribution < -0.4 is 15.9 Å². The highest BCUT2D eigenvalue weighted by Gasteiger charge is 2.52. The van der Waals surface area contributed by atoms with Gasteiger partial charge in [-0.25, -0.2) is 18.1 Å². The van der Waals surface area contributed by atoms with E-state index in [0.717, 1.165) is 24.0 Å². The minimum absolute atomic E-state index is 0.0726. The zero-order chi connectivity index (χ0) is 21.0. The first-order valence-corrected chi connectivity index (χ1v) is 11.2. The van der Waals surface area contributed by atoms with E-state index in [1.807, 2.05) is 33.8 Å². The summed E-state index contributed by atoms with van der Waals surface area (Å²) in [7, 11) is -4.09. The molecule has 0 amide bonds. The molecule has 0 radical (unpaired) electrons. The van der Waals surface area contributed by atoms with Crippen molar-refractivity contribution in [1.82, 2.24) is 9.71 Å². The second kappa shape index (κ2) is 6.80. The van der Waals surface area contributed by atoms with Crippen molar-refractivity contribution in [2.24, 2.45) is 0 Å². The molecule has 0 spiro atoms. The van der Waals surface area contributed by atoms with Crippen molar-refractivity contribution in [3.63, 3.8) is 0 Å². The molecule has 2 aromatic rings. The summed E-state index contributed by atoms with van der Waals surface area (Å²) in [6.07, 6.45) is 3.46. The van der Waals surface area contributed by atoms with Crippen molar-refractivity contribution >= 4 is 28.4 Å². The Balaban J connectivity index is 1.61. The van der Waals surface area contributed by atoms with Gasteiger partial charge in [-0.1, -0.05) is 12.1 Å². The molecule has 7 nitrogen and oxygen atoms in total. The van der Waals surface area contributed by atoms with Gasteiger partial charge in [-0.3, -0.25) is 0 Å². The number of rotatable bonds is 5. The highest BCUT2D eigenvalue weighted by molar-refractivity contribution is 7.89. The molecule has 1 saturated heterocycles. The average molecular weight is 415 g/mol. The Morgan fingerprint density at radius 2 is 1.66 bits per heavy atom. The SMILES string of the molecule is CC1(C)OB(c2cc(-c3ccc(S(=O)(=O)NC4CC4)cc3)cnc2N)OC1(C)C. The first-order chi connectivity index (χ1) is 13.5. The molecule has 2 fully saturated rings. The van der Waals surface area contributed by atoms with Gasteiger partial charge in [0.1, 0.15) is 5.82 Å². The van der Waals surface area contributed by atoms with Crippen LogP contribution in [0, 0.1) is 0 Å². The molecule has 1 aromatic carbocycles. The van der Waals surface area contributed by atoms with Gasteiger partial charge in [0.2, 0.25) is 10.0 Å². The average Bonchev–Trinajstić information content (AvgIpc) is 3.40. The van der Waals surface area contributed by atoms with Crippen LogP contribution in [0.25, 0.3) is 11.1 Å². The van der Waals surface area contributed by atoms with Gasteiger partial charge >= 0.3 is 7.12 Å². The van der Waals surface area contributed by atoms with Crippen LogP contribution >= 0.6 is 0 Å². The van der Waals surface area contributed by atoms with Crippen molar-refractivity contribution in [3.8, 4) is 11.1 Å². The molecule has 1 aliphatic heterocycles. The molecular formula is C20H26BN3O4S. The van der Waals surface area contributed by atoms with Gasteiger partial charge < -0.3 is 15.0 Å². The summed E-state index contributed by atoms with van der Waals surface area (Å²) in [5, 5.41) is 0. The summed E-state index contributed by atoms with van der Waals surface area (Å²) >= 11 is 0. The Kier molecular flexibility index (Phi) is 4.77. The molecule has 9 heteroatoms. The summed E-state index contributed by atoms with van der Waals surface area (Å²) in [6, 6.07) is 8.70. The molecule has 4 rings (SSSR count). The lowest BCUT2D eigenvalue weighted by Crippen LogP contribution is -2.41. The third kappa shape index (κ3) is 3.92. The van der Waals surface area contributed by atoms with E-state index in [0.29, 0.717) is 11.3 Å². The van der Waals surface area contributed by atoms with Crippen molar-refractivity contribution in [2.75, 3.05) is 5.73 Å². The maximum Gasteiger partial charge on any atom is 0.498 e. The minimum atomic E-state index is -3.48. The molecule has 154 valence electrons. The lowest BCUT2D eigenvalue weighted by molar-refractivity contribution is 0.00578. The van der Waals surface area contributed by atoms with Crippen LogP contribution in [0.1, 0.15) is 40.5 Å². The van der Waals surface area contributed by atoms with Gasteiger partial charge in [0.15, 0.2) is 0 Å². The number of hydrogen-bond donors (Lipinski definition) is 2. The number of nitrogens with zero attached hydrogens (tertiary/aromatic N) is 1. The van der Waals surface area contributed by atoms with E-state index >= 15 is 0 Å². The van der Waals surface area contributed by atoms with Gasteiger partial charge in [-0.15, -0.1) is 0 Å². The maximum absolute atomic E-state index is 12.4. The Morgan fingerprint density at radius 1 is 1.07 bits per heavy atom. The predicted octanol–water partition coefficient (Wildman–Crippen LogP) is 2.07. The monoisotopic (exact) mass is 415 g/mol. The molecule has 2 aliphatic rings. The van der Waals surface area contributed by atoms with Gasteiger partial charge in [0.05, 0.1) is 16.1 Å². The highest BCUT2D eigenvalue weighted by atomic mass is 32.2. The van der Waals surface area contributed by atoms with Crippen molar-refractivity contribution < 1.29 is 17.7 Å². The first kappa shape index (κ1) is 20.3. The number of nitrogens with one attached hydrogen (secondary N) is 1. The Hall–Kier alpha value is -1.94. The summed E-state index contributed by atoms with van der Waals surface area (Å²) in [5.41, 5.74) is 7.44. The fourth-order valence-corrected chi connectivity index (χ4v) is 4.43. The number of aromatic nitrogens is 1. The van der Waals surface area contributed by atoms with Crippen molar-refractivity contribution in [2.45, 2.75) is 62.7 Å². The van der Waals surface area contributed by atoms with E-state index in [1.165, 1.54) is 0 Å². The lowest BCUT2D eigenvalue weighted by Gasteiger charge is -2.32. The zero-order valence-electron chi connectivity index (χ0n) is 17.1. The Morgan fingerprint density at radius 3 is 2.21 bits per heavy atom. The molecule has 1 aliphatic carbocycles. The lowest BCUT2D eigenvalue weighted by atomic mass is 9.78. The van der Waals surface area contributed by atoms with E-state index in [4.69, 9.17) is 15.0 Å². The van der Waals surface area contributed by atoms with Crippen LogP contribution in [-0.4, -0.2) is 37.8 Å².